The number of aryl methyl sites for hydroxylation is 2. The number of aromatic amines is 1. The Kier molecular flexibility index (Phi) is 4.65. The van der Waals surface area contributed by atoms with Crippen LogP contribution in [0.4, 0.5) is 4.79 Å². The van der Waals surface area contributed by atoms with Crippen molar-refractivity contribution in [1.82, 2.24) is 15.6 Å². The summed E-state index contributed by atoms with van der Waals surface area (Å²) < 4.78 is 10.6. The van der Waals surface area contributed by atoms with Crippen molar-refractivity contribution in [2.75, 3.05) is 6.79 Å². The molecule has 7 heteroatoms. The summed E-state index contributed by atoms with van der Waals surface area (Å²) in [5.74, 6) is 1.38. The molecule has 0 saturated carbocycles. The molecule has 1 aliphatic heterocycles. The maximum absolute atomic E-state index is 12.1. The number of aromatic nitrogens is 1. The normalized spacial score (nSPS) is 13.4. The highest BCUT2D eigenvalue weighted by atomic mass is 16.7. The molecule has 1 aliphatic rings. The fraction of sp³-hybridized carbons (Fsp3) is 0.333. The van der Waals surface area contributed by atoms with E-state index in [0.29, 0.717) is 17.1 Å². The minimum Gasteiger partial charge on any atom is -0.454 e. The SMILES string of the molecule is Cc1cc(C)c(CNC(=O)NC(C)c2ccc3c(c2)OCO3)c(=O)[nH]1. The smallest absolute Gasteiger partial charge is 0.315 e. The number of pyridine rings is 1. The van der Waals surface area contributed by atoms with Gasteiger partial charge in [0.05, 0.1) is 12.6 Å². The van der Waals surface area contributed by atoms with Crippen molar-refractivity contribution in [3.05, 3.63) is 57.0 Å². The maximum atomic E-state index is 12.1. The maximum Gasteiger partial charge on any atom is 0.315 e. The predicted octanol–water partition coefficient (Wildman–Crippen LogP) is 2.28. The molecule has 0 aliphatic carbocycles. The first kappa shape index (κ1) is 16.9. The molecule has 132 valence electrons. The number of urea groups is 1. The number of H-pyrrole nitrogens is 1. The second-order valence-electron chi connectivity index (χ2n) is 6.10. The Morgan fingerprint density at radius 3 is 2.76 bits per heavy atom. The molecule has 0 spiro atoms. The lowest BCUT2D eigenvalue weighted by Crippen LogP contribution is -2.38. The largest absolute Gasteiger partial charge is 0.454 e. The van der Waals surface area contributed by atoms with Crippen LogP contribution in [-0.4, -0.2) is 17.8 Å². The van der Waals surface area contributed by atoms with Gasteiger partial charge in [0.15, 0.2) is 11.5 Å². The van der Waals surface area contributed by atoms with Crippen LogP contribution in [0.1, 0.15) is 35.3 Å². The Labute approximate surface area is 145 Å². The molecule has 1 unspecified atom stereocenters. The van der Waals surface area contributed by atoms with Gasteiger partial charge in [0.1, 0.15) is 0 Å². The summed E-state index contributed by atoms with van der Waals surface area (Å²) >= 11 is 0. The van der Waals surface area contributed by atoms with Crippen molar-refractivity contribution in [3.8, 4) is 11.5 Å². The topological polar surface area (TPSA) is 92.4 Å². The number of rotatable bonds is 4. The molecule has 1 atom stereocenters. The van der Waals surface area contributed by atoms with Gasteiger partial charge in [0.2, 0.25) is 6.79 Å². The predicted molar refractivity (Wildman–Crippen MR) is 92.9 cm³/mol. The molecule has 2 heterocycles. The van der Waals surface area contributed by atoms with Crippen LogP contribution in [0, 0.1) is 13.8 Å². The fourth-order valence-corrected chi connectivity index (χ4v) is 2.78. The summed E-state index contributed by atoms with van der Waals surface area (Å²) in [5, 5.41) is 5.58. The molecule has 25 heavy (non-hydrogen) atoms. The van der Waals surface area contributed by atoms with Gasteiger partial charge in [-0.3, -0.25) is 4.79 Å². The molecular weight excluding hydrogens is 322 g/mol. The number of carbonyl (C=O) groups excluding carboxylic acids is 1. The van der Waals surface area contributed by atoms with Gasteiger partial charge in [-0.15, -0.1) is 0 Å². The molecule has 2 aromatic rings. The average molecular weight is 343 g/mol. The lowest BCUT2D eigenvalue weighted by molar-refractivity contribution is 0.174. The summed E-state index contributed by atoms with van der Waals surface area (Å²) in [6.07, 6.45) is 0. The minimum atomic E-state index is -0.343. The number of nitrogens with one attached hydrogen (secondary N) is 3. The van der Waals surface area contributed by atoms with Crippen LogP contribution in [-0.2, 0) is 6.54 Å². The third-order valence-corrected chi connectivity index (χ3v) is 4.16. The molecule has 0 saturated heterocycles. The fourth-order valence-electron chi connectivity index (χ4n) is 2.78. The second kappa shape index (κ2) is 6.88. The molecule has 7 nitrogen and oxygen atoms in total. The Balaban J connectivity index is 1.60. The lowest BCUT2D eigenvalue weighted by Gasteiger charge is -2.16. The summed E-state index contributed by atoms with van der Waals surface area (Å²) in [4.78, 5) is 26.8. The van der Waals surface area contributed by atoms with Gasteiger partial charge in [0.25, 0.3) is 5.56 Å². The van der Waals surface area contributed by atoms with E-state index in [4.69, 9.17) is 9.47 Å². The van der Waals surface area contributed by atoms with E-state index in [-0.39, 0.29) is 31.0 Å². The van der Waals surface area contributed by atoms with Crippen molar-refractivity contribution in [2.24, 2.45) is 0 Å². The third-order valence-electron chi connectivity index (χ3n) is 4.16. The first-order valence-electron chi connectivity index (χ1n) is 8.07. The Morgan fingerprint density at radius 2 is 2.00 bits per heavy atom. The first-order valence-corrected chi connectivity index (χ1v) is 8.07. The molecule has 3 rings (SSSR count). The van der Waals surface area contributed by atoms with Crippen LogP contribution in [0.3, 0.4) is 0 Å². The highest BCUT2D eigenvalue weighted by molar-refractivity contribution is 5.74. The van der Waals surface area contributed by atoms with Crippen LogP contribution < -0.4 is 25.7 Å². The summed E-state index contributed by atoms with van der Waals surface area (Å²) in [6, 6.07) is 6.88. The quantitative estimate of drug-likeness (QED) is 0.794. The molecule has 2 amide bonds. The van der Waals surface area contributed by atoms with Crippen molar-refractivity contribution < 1.29 is 14.3 Å². The van der Waals surface area contributed by atoms with Gasteiger partial charge < -0.3 is 25.1 Å². The van der Waals surface area contributed by atoms with E-state index < -0.39 is 0 Å². The van der Waals surface area contributed by atoms with Gasteiger partial charge in [-0.1, -0.05) is 6.07 Å². The summed E-state index contributed by atoms with van der Waals surface area (Å²) in [5.41, 5.74) is 2.93. The van der Waals surface area contributed by atoms with Crippen LogP contribution in [0.2, 0.25) is 0 Å². The van der Waals surface area contributed by atoms with Crippen LogP contribution in [0.5, 0.6) is 11.5 Å². The molecule has 1 aromatic carbocycles. The lowest BCUT2D eigenvalue weighted by atomic mass is 10.1. The third kappa shape index (κ3) is 3.76. The number of hydrogen-bond donors (Lipinski definition) is 3. The van der Waals surface area contributed by atoms with Crippen LogP contribution in [0.15, 0.2) is 29.1 Å². The highest BCUT2D eigenvalue weighted by Gasteiger charge is 2.17. The Bertz CT molecular complexity index is 860. The number of benzene rings is 1. The van der Waals surface area contributed by atoms with Crippen LogP contribution in [0.25, 0.3) is 0 Å². The molecule has 3 N–H and O–H groups in total. The van der Waals surface area contributed by atoms with Crippen molar-refractivity contribution in [1.29, 1.82) is 0 Å². The molecule has 1 aromatic heterocycles. The monoisotopic (exact) mass is 343 g/mol. The summed E-state index contributed by atoms with van der Waals surface area (Å²) in [6.45, 7) is 5.94. The number of ether oxygens (including phenoxy) is 2. The molecule has 0 bridgehead atoms. The summed E-state index contributed by atoms with van der Waals surface area (Å²) in [7, 11) is 0. The van der Waals surface area contributed by atoms with E-state index in [0.717, 1.165) is 16.8 Å². The zero-order chi connectivity index (χ0) is 18.0. The van der Waals surface area contributed by atoms with Gasteiger partial charge in [-0.2, -0.15) is 0 Å². The van der Waals surface area contributed by atoms with Gasteiger partial charge in [-0.05, 0) is 50.1 Å². The number of hydrogen-bond acceptors (Lipinski definition) is 4. The molecule has 0 fully saturated rings. The molecule has 0 radical (unpaired) electrons. The van der Waals surface area contributed by atoms with E-state index in [2.05, 4.69) is 15.6 Å². The minimum absolute atomic E-state index is 0.168. The van der Waals surface area contributed by atoms with Gasteiger partial charge in [-0.25, -0.2) is 4.79 Å². The number of carbonyl (C=O) groups is 1. The average Bonchev–Trinajstić information content (AvgIpc) is 3.01. The first-order chi connectivity index (χ1) is 11.9. The zero-order valence-corrected chi connectivity index (χ0v) is 14.4. The van der Waals surface area contributed by atoms with E-state index in [1.54, 1.807) is 0 Å². The van der Waals surface area contributed by atoms with Gasteiger partial charge in [0, 0.05) is 11.3 Å². The standard InChI is InChI=1S/C18H21N3O4/c1-10-6-11(2)20-17(22)14(10)8-19-18(23)21-12(3)13-4-5-15-16(7-13)25-9-24-15/h4-7,12H,8-9H2,1-3H3,(H,20,22)(H2,19,21,23). The second-order valence-corrected chi connectivity index (χ2v) is 6.10. The number of fused-ring (bicyclic) bond motifs is 1. The number of amides is 2. The van der Waals surface area contributed by atoms with E-state index in [1.165, 1.54) is 0 Å². The Morgan fingerprint density at radius 1 is 1.24 bits per heavy atom. The van der Waals surface area contributed by atoms with Crippen molar-refractivity contribution >= 4 is 6.03 Å². The zero-order valence-electron chi connectivity index (χ0n) is 14.4. The van der Waals surface area contributed by atoms with Crippen molar-refractivity contribution in [3.63, 3.8) is 0 Å². The molecular formula is C18H21N3O4. The van der Waals surface area contributed by atoms with E-state index in [9.17, 15) is 9.59 Å². The van der Waals surface area contributed by atoms with E-state index >= 15 is 0 Å². The van der Waals surface area contributed by atoms with Gasteiger partial charge >= 0.3 is 6.03 Å². The van der Waals surface area contributed by atoms with Crippen molar-refractivity contribution in [2.45, 2.75) is 33.4 Å². The van der Waals surface area contributed by atoms with E-state index in [1.807, 2.05) is 45.0 Å². The van der Waals surface area contributed by atoms with Crippen LogP contribution >= 0.6 is 0 Å². The Hall–Kier alpha value is -2.96. The highest BCUT2D eigenvalue weighted by Crippen LogP contribution is 2.34.